The maximum Gasteiger partial charge on any atom is 0.191 e. The molecule has 1 saturated carbocycles. The van der Waals surface area contributed by atoms with Crippen LogP contribution in [0.1, 0.15) is 32.6 Å². The van der Waals surface area contributed by atoms with Crippen LogP contribution in [0.25, 0.3) is 0 Å². The van der Waals surface area contributed by atoms with E-state index in [-0.39, 0.29) is 5.54 Å². The highest BCUT2D eigenvalue weighted by Crippen LogP contribution is 2.35. The van der Waals surface area contributed by atoms with Gasteiger partial charge in [0.2, 0.25) is 0 Å². The lowest BCUT2D eigenvalue weighted by Gasteiger charge is -2.44. The normalized spacial score (nSPS) is 32.7. The minimum absolute atomic E-state index is 0.189. The summed E-state index contributed by atoms with van der Waals surface area (Å²) in [6.45, 7) is 6.40. The van der Waals surface area contributed by atoms with Gasteiger partial charge in [-0.2, -0.15) is 0 Å². The molecule has 0 radical (unpaired) electrons. The Morgan fingerprint density at radius 1 is 1.40 bits per heavy atom. The number of guanidine groups is 1. The number of aliphatic imine (C=N–C) groups is 1. The van der Waals surface area contributed by atoms with Crippen molar-refractivity contribution in [2.75, 3.05) is 46.9 Å². The molecule has 2 unspecified atom stereocenters. The van der Waals surface area contributed by atoms with Crippen molar-refractivity contribution >= 4 is 5.96 Å². The van der Waals surface area contributed by atoms with Gasteiger partial charge >= 0.3 is 0 Å². The van der Waals surface area contributed by atoms with Gasteiger partial charge in [0, 0.05) is 18.6 Å². The van der Waals surface area contributed by atoms with Crippen molar-refractivity contribution < 1.29 is 4.74 Å². The van der Waals surface area contributed by atoms with E-state index in [0.717, 1.165) is 38.8 Å². The molecule has 2 rings (SSSR count). The Hall–Kier alpha value is -0.810. The molecule has 0 bridgehead atoms. The highest BCUT2D eigenvalue weighted by Gasteiger charge is 2.36. The third-order valence-electron chi connectivity index (χ3n) is 4.89. The summed E-state index contributed by atoms with van der Waals surface area (Å²) in [4.78, 5) is 9.22. The summed E-state index contributed by atoms with van der Waals surface area (Å²) in [5.74, 6) is 1.47. The largest absolute Gasteiger partial charge is 0.378 e. The van der Waals surface area contributed by atoms with E-state index in [1.54, 1.807) is 0 Å². The van der Waals surface area contributed by atoms with Crippen molar-refractivity contribution in [1.29, 1.82) is 0 Å². The number of likely N-dealkylation sites (N-methyl/N-ethyl adjacent to an activating group) is 1. The fourth-order valence-electron chi connectivity index (χ4n) is 3.44. The lowest BCUT2D eigenvalue weighted by Crippen LogP contribution is -2.51. The predicted molar refractivity (Wildman–Crippen MR) is 82.9 cm³/mol. The Balaban J connectivity index is 2.00. The van der Waals surface area contributed by atoms with E-state index in [0.29, 0.717) is 5.96 Å². The fraction of sp³-hybridized carbons (Fsp3) is 0.933. The van der Waals surface area contributed by atoms with E-state index in [4.69, 9.17) is 15.5 Å². The first-order chi connectivity index (χ1) is 9.53. The molecular weight excluding hydrogens is 252 g/mol. The molecule has 2 aliphatic rings. The van der Waals surface area contributed by atoms with Crippen LogP contribution in [-0.4, -0.2) is 68.2 Å². The molecule has 5 heteroatoms. The molecule has 0 aromatic carbocycles. The van der Waals surface area contributed by atoms with Gasteiger partial charge in [0.15, 0.2) is 5.96 Å². The fourth-order valence-corrected chi connectivity index (χ4v) is 3.44. The number of rotatable bonds is 3. The van der Waals surface area contributed by atoms with E-state index in [2.05, 4.69) is 30.8 Å². The van der Waals surface area contributed by atoms with Crippen LogP contribution in [0.5, 0.6) is 0 Å². The summed E-state index contributed by atoms with van der Waals surface area (Å²) in [5.41, 5.74) is 6.35. The van der Waals surface area contributed by atoms with Crippen molar-refractivity contribution in [1.82, 2.24) is 9.80 Å². The molecule has 2 atom stereocenters. The van der Waals surface area contributed by atoms with Crippen LogP contribution >= 0.6 is 0 Å². The number of nitrogens with zero attached hydrogens (tertiary/aromatic N) is 3. The van der Waals surface area contributed by atoms with Gasteiger partial charge < -0.3 is 20.3 Å². The topological polar surface area (TPSA) is 54.1 Å². The highest BCUT2D eigenvalue weighted by atomic mass is 16.5. The van der Waals surface area contributed by atoms with Gasteiger partial charge in [-0.1, -0.05) is 19.8 Å². The van der Waals surface area contributed by atoms with Gasteiger partial charge in [0.25, 0.3) is 0 Å². The van der Waals surface area contributed by atoms with Gasteiger partial charge in [-0.25, -0.2) is 0 Å². The van der Waals surface area contributed by atoms with Gasteiger partial charge in [-0.3, -0.25) is 4.99 Å². The van der Waals surface area contributed by atoms with Crippen molar-refractivity contribution in [2.45, 2.75) is 38.1 Å². The van der Waals surface area contributed by atoms with Gasteiger partial charge in [0.1, 0.15) is 0 Å². The summed E-state index contributed by atoms with van der Waals surface area (Å²) in [6.07, 6.45) is 5.09. The molecule has 5 nitrogen and oxygen atoms in total. The van der Waals surface area contributed by atoms with Crippen molar-refractivity contribution in [2.24, 2.45) is 16.6 Å². The standard InChI is InChI=1S/C15H30N4O/c1-13-5-4-6-15(11-13,18(2)3)12-17-14(16)19-7-9-20-10-8-19/h13H,4-12H2,1-3H3,(H2,16,17). The number of ether oxygens (including phenoxy) is 1. The molecule has 1 aliphatic carbocycles. The zero-order valence-electron chi connectivity index (χ0n) is 13.3. The average molecular weight is 282 g/mol. The first-order valence-corrected chi connectivity index (χ1v) is 7.83. The van der Waals surface area contributed by atoms with Crippen molar-refractivity contribution in [3.8, 4) is 0 Å². The second kappa shape index (κ2) is 6.76. The average Bonchev–Trinajstić information content (AvgIpc) is 2.45. The number of morpholine rings is 1. The minimum atomic E-state index is 0.189. The van der Waals surface area contributed by atoms with Gasteiger partial charge in [0.05, 0.1) is 19.8 Å². The summed E-state index contributed by atoms with van der Waals surface area (Å²) < 4.78 is 5.36. The van der Waals surface area contributed by atoms with Gasteiger partial charge in [-0.05, 0) is 32.9 Å². The van der Waals surface area contributed by atoms with Crippen LogP contribution in [0.2, 0.25) is 0 Å². The molecule has 20 heavy (non-hydrogen) atoms. The van der Waals surface area contributed by atoms with Crippen LogP contribution in [0.3, 0.4) is 0 Å². The zero-order chi connectivity index (χ0) is 14.6. The van der Waals surface area contributed by atoms with Gasteiger partial charge in [-0.15, -0.1) is 0 Å². The smallest absolute Gasteiger partial charge is 0.191 e. The minimum Gasteiger partial charge on any atom is -0.378 e. The SMILES string of the molecule is CC1CCCC(CN=C(N)N2CCOCC2)(N(C)C)C1. The summed E-state index contributed by atoms with van der Waals surface area (Å²) >= 11 is 0. The summed E-state index contributed by atoms with van der Waals surface area (Å²) in [5, 5.41) is 0. The number of nitrogens with two attached hydrogens (primary N) is 1. The predicted octanol–water partition coefficient (Wildman–Crippen LogP) is 1.14. The lowest BCUT2D eigenvalue weighted by atomic mass is 9.75. The Kier molecular flexibility index (Phi) is 5.27. The van der Waals surface area contributed by atoms with E-state index < -0.39 is 0 Å². The second-order valence-corrected chi connectivity index (χ2v) is 6.59. The molecule has 116 valence electrons. The van der Waals surface area contributed by atoms with E-state index >= 15 is 0 Å². The first-order valence-electron chi connectivity index (χ1n) is 7.83. The molecule has 1 heterocycles. The second-order valence-electron chi connectivity index (χ2n) is 6.59. The Morgan fingerprint density at radius 3 is 2.70 bits per heavy atom. The Morgan fingerprint density at radius 2 is 2.10 bits per heavy atom. The van der Waals surface area contributed by atoms with E-state index in [1.165, 1.54) is 25.7 Å². The molecular formula is C15H30N4O. The quantitative estimate of drug-likeness (QED) is 0.623. The van der Waals surface area contributed by atoms with Crippen molar-refractivity contribution in [3.63, 3.8) is 0 Å². The zero-order valence-corrected chi connectivity index (χ0v) is 13.3. The third-order valence-corrected chi connectivity index (χ3v) is 4.89. The first kappa shape index (κ1) is 15.6. The van der Waals surface area contributed by atoms with Crippen LogP contribution < -0.4 is 5.73 Å². The van der Waals surface area contributed by atoms with Crippen LogP contribution in [-0.2, 0) is 4.74 Å². The number of hydrogen-bond donors (Lipinski definition) is 1. The van der Waals surface area contributed by atoms with Crippen LogP contribution in [0, 0.1) is 5.92 Å². The van der Waals surface area contributed by atoms with Crippen molar-refractivity contribution in [3.05, 3.63) is 0 Å². The molecule has 0 aromatic rings. The highest BCUT2D eigenvalue weighted by molar-refractivity contribution is 5.78. The maximum absolute atomic E-state index is 6.16. The molecule has 1 saturated heterocycles. The summed E-state index contributed by atoms with van der Waals surface area (Å²) in [7, 11) is 4.36. The molecule has 2 fully saturated rings. The monoisotopic (exact) mass is 282 g/mol. The molecule has 0 amide bonds. The molecule has 0 aromatic heterocycles. The summed E-state index contributed by atoms with van der Waals surface area (Å²) in [6, 6.07) is 0. The Labute approximate surface area is 123 Å². The number of hydrogen-bond acceptors (Lipinski definition) is 3. The van der Waals surface area contributed by atoms with E-state index in [1.807, 2.05) is 0 Å². The van der Waals surface area contributed by atoms with E-state index in [9.17, 15) is 0 Å². The van der Waals surface area contributed by atoms with Crippen LogP contribution in [0.15, 0.2) is 4.99 Å². The Bertz CT molecular complexity index is 339. The molecule has 2 N–H and O–H groups in total. The van der Waals surface area contributed by atoms with Crippen LogP contribution in [0.4, 0.5) is 0 Å². The lowest BCUT2D eigenvalue weighted by molar-refractivity contribution is 0.0659. The molecule has 0 spiro atoms. The molecule has 1 aliphatic heterocycles. The third kappa shape index (κ3) is 3.64. The maximum atomic E-state index is 6.16.